The fourth-order valence-corrected chi connectivity index (χ4v) is 5.49. The zero-order valence-corrected chi connectivity index (χ0v) is 18.9. The fraction of sp³-hybridized carbons (Fsp3) is 0.500. The minimum Gasteiger partial charge on any atom is -0.496 e. The molecule has 1 heterocycles. The van der Waals surface area contributed by atoms with Gasteiger partial charge in [-0.2, -0.15) is 0 Å². The molecular formula is C24H28BrNO4. The lowest BCUT2D eigenvalue weighted by molar-refractivity contribution is -0.155. The largest absolute Gasteiger partial charge is 0.496 e. The topological polar surface area (TPSA) is 64.6 Å². The number of halogens is 1. The minimum atomic E-state index is -0.631. The van der Waals surface area contributed by atoms with Crippen LogP contribution in [0.1, 0.15) is 62.8 Å². The molecule has 0 saturated heterocycles. The predicted molar refractivity (Wildman–Crippen MR) is 118 cm³/mol. The van der Waals surface area contributed by atoms with Crippen molar-refractivity contribution in [3.63, 3.8) is 0 Å². The molecule has 5 nitrogen and oxygen atoms in total. The molecule has 6 heteroatoms. The number of rotatable bonds is 4. The molecule has 30 heavy (non-hydrogen) atoms. The number of methoxy groups -OCH3 is 1. The number of carbonyl (C=O) groups excluding carboxylic acids is 2. The van der Waals surface area contributed by atoms with Crippen LogP contribution in [0.15, 0.2) is 46.2 Å². The second kappa shape index (κ2) is 8.96. The summed E-state index contributed by atoms with van der Waals surface area (Å²) in [6.45, 7) is 4.16. The van der Waals surface area contributed by atoms with E-state index in [2.05, 4.69) is 27.8 Å². The van der Waals surface area contributed by atoms with Gasteiger partial charge in [-0.05, 0) is 72.2 Å². The van der Waals surface area contributed by atoms with Crippen molar-refractivity contribution < 1.29 is 19.1 Å². The number of benzene rings is 1. The van der Waals surface area contributed by atoms with E-state index in [4.69, 9.17) is 9.47 Å². The Labute approximate surface area is 186 Å². The van der Waals surface area contributed by atoms with Crippen molar-refractivity contribution in [2.24, 2.45) is 5.92 Å². The second-order valence-electron chi connectivity index (χ2n) is 8.37. The van der Waals surface area contributed by atoms with Crippen molar-refractivity contribution in [1.29, 1.82) is 0 Å². The van der Waals surface area contributed by atoms with Crippen molar-refractivity contribution in [2.45, 2.75) is 63.4 Å². The first-order valence-corrected chi connectivity index (χ1v) is 11.5. The highest BCUT2D eigenvalue weighted by Crippen LogP contribution is 2.46. The Hall–Kier alpha value is -2.08. The van der Waals surface area contributed by atoms with Crippen molar-refractivity contribution >= 4 is 27.7 Å². The van der Waals surface area contributed by atoms with E-state index in [1.54, 1.807) is 7.11 Å². The molecule has 1 aliphatic heterocycles. The van der Waals surface area contributed by atoms with Gasteiger partial charge < -0.3 is 14.8 Å². The summed E-state index contributed by atoms with van der Waals surface area (Å²) in [5.41, 5.74) is 3.10. The summed E-state index contributed by atoms with van der Waals surface area (Å²) < 4.78 is 12.1. The molecule has 0 amide bonds. The zero-order chi connectivity index (χ0) is 21.3. The number of ketones is 1. The lowest BCUT2D eigenvalue weighted by atomic mass is 9.71. The van der Waals surface area contributed by atoms with Gasteiger partial charge >= 0.3 is 5.97 Å². The van der Waals surface area contributed by atoms with Gasteiger partial charge in [-0.1, -0.05) is 19.1 Å². The maximum atomic E-state index is 13.4. The van der Waals surface area contributed by atoms with Crippen LogP contribution in [0.5, 0.6) is 5.75 Å². The smallest absolute Gasteiger partial charge is 0.316 e. The van der Waals surface area contributed by atoms with Crippen molar-refractivity contribution in [1.82, 2.24) is 5.32 Å². The molecule has 1 aromatic rings. The molecule has 2 unspecified atom stereocenters. The van der Waals surface area contributed by atoms with Gasteiger partial charge in [-0.3, -0.25) is 9.59 Å². The van der Waals surface area contributed by atoms with Gasteiger partial charge in [0.1, 0.15) is 17.8 Å². The normalized spacial score (nSPS) is 24.9. The van der Waals surface area contributed by atoms with E-state index in [0.29, 0.717) is 23.4 Å². The van der Waals surface area contributed by atoms with Crippen LogP contribution in [0.25, 0.3) is 0 Å². The van der Waals surface area contributed by atoms with Crippen LogP contribution < -0.4 is 10.1 Å². The van der Waals surface area contributed by atoms with E-state index in [0.717, 1.165) is 54.3 Å². The predicted octanol–water partition coefficient (Wildman–Crippen LogP) is 5.16. The molecular weight excluding hydrogens is 446 g/mol. The molecule has 0 radical (unpaired) electrons. The van der Waals surface area contributed by atoms with Gasteiger partial charge in [0, 0.05) is 29.3 Å². The number of hydrogen-bond acceptors (Lipinski definition) is 5. The Kier molecular flexibility index (Phi) is 6.32. The molecule has 2 aliphatic carbocycles. The summed E-state index contributed by atoms with van der Waals surface area (Å²) in [5, 5.41) is 3.28. The van der Waals surface area contributed by atoms with Crippen LogP contribution in [0.4, 0.5) is 0 Å². The van der Waals surface area contributed by atoms with E-state index in [1.807, 2.05) is 18.2 Å². The number of Topliss-reactive ketones (excluding diaryl/α,β-unsaturated/α-hetero) is 1. The van der Waals surface area contributed by atoms with E-state index in [1.165, 1.54) is 6.42 Å². The van der Waals surface area contributed by atoms with Crippen LogP contribution in [0.2, 0.25) is 0 Å². The molecule has 0 aromatic heterocycles. The first kappa shape index (κ1) is 21.2. The van der Waals surface area contributed by atoms with Gasteiger partial charge in [-0.15, -0.1) is 0 Å². The minimum absolute atomic E-state index is 0.0419. The Balaban J connectivity index is 1.74. The lowest BCUT2D eigenvalue weighted by Gasteiger charge is -2.39. The Bertz CT molecular complexity index is 900. The maximum absolute atomic E-state index is 13.4. The fourth-order valence-electron chi connectivity index (χ4n) is 4.93. The Morgan fingerprint density at radius 1 is 1.17 bits per heavy atom. The van der Waals surface area contributed by atoms with Gasteiger partial charge in [0.25, 0.3) is 0 Å². The third kappa shape index (κ3) is 4.07. The standard InChI is InChI=1S/C24H28BrNO4/c1-14-21(24(28)30-16-7-4-3-5-8-16)22(15-11-12-20(29-2)17(25)13-15)23-18(26-14)9-6-10-19(23)27/h11-13,16,21-22,26H,1,3-10H2,2H3. The van der Waals surface area contributed by atoms with E-state index in [9.17, 15) is 9.59 Å². The van der Waals surface area contributed by atoms with Gasteiger partial charge in [0.2, 0.25) is 0 Å². The molecule has 4 rings (SSSR count). The second-order valence-corrected chi connectivity index (χ2v) is 9.22. The van der Waals surface area contributed by atoms with E-state index >= 15 is 0 Å². The number of carbonyl (C=O) groups is 2. The molecule has 1 aromatic carbocycles. The quantitative estimate of drug-likeness (QED) is 0.611. The highest BCUT2D eigenvalue weighted by atomic mass is 79.9. The summed E-state index contributed by atoms with van der Waals surface area (Å²) in [4.78, 5) is 26.3. The highest BCUT2D eigenvalue weighted by Gasteiger charge is 2.44. The number of hydrogen-bond donors (Lipinski definition) is 1. The van der Waals surface area contributed by atoms with E-state index in [-0.39, 0.29) is 17.9 Å². The third-order valence-corrected chi connectivity index (χ3v) is 7.03. The monoisotopic (exact) mass is 473 g/mol. The third-order valence-electron chi connectivity index (χ3n) is 6.41. The van der Waals surface area contributed by atoms with Crippen LogP contribution in [0.3, 0.4) is 0 Å². The molecule has 1 fully saturated rings. The molecule has 2 atom stereocenters. The number of allylic oxidation sites excluding steroid dienone is 2. The maximum Gasteiger partial charge on any atom is 0.316 e. The number of ether oxygens (including phenoxy) is 2. The summed E-state index contributed by atoms with van der Waals surface area (Å²) in [5.74, 6) is -0.519. The Morgan fingerprint density at radius 2 is 1.93 bits per heavy atom. The van der Waals surface area contributed by atoms with Crippen LogP contribution >= 0.6 is 15.9 Å². The summed E-state index contributed by atoms with van der Waals surface area (Å²) in [7, 11) is 1.61. The molecule has 160 valence electrons. The molecule has 1 saturated carbocycles. The van der Waals surface area contributed by atoms with E-state index < -0.39 is 11.8 Å². The average molecular weight is 474 g/mol. The summed E-state index contributed by atoms with van der Waals surface area (Å²) in [6, 6.07) is 5.73. The number of nitrogens with one attached hydrogen (secondary N) is 1. The average Bonchev–Trinajstić information content (AvgIpc) is 2.73. The van der Waals surface area contributed by atoms with Crippen molar-refractivity contribution in [3.05, 3.63) is 51.8 Å². The van der Waals surface area contributed by atoms with Crippen LogP contribution in [-0.4, -0.2) is 25.0 Å². The lowest BCUT2D eigenvalue weighted by Crippen LogP contribution is -2.42. The summed E-state index contributed by atoms with van der Waals surface area (Å²) >= 11 is 3.55. The molecule has 1 N–H and O–H groups in total. The van der Waals surface area contributed by atoms with Crippen LogP contribution in [-0.2, 0) is 14.3 Å². The molecule has 0 bridgehead atoms. The van der Waals surface area contributed by atoms with Crippen LogP contribution in [0, 0.1) is 5.92 Å². The van der Waals surface area contributed by atoms with Gasteiger partial charge in [0.05, 0.1) is 11.6 Å². The van der Waals surface area contributed by atoms with Crippen molar-refractivity contribution in [2.75, 3.05) is 7.11 Å². The van der Waals surface area contributed by atoms with Crippen molar-refractivity contribution in [3.8, 4) is 5.75 Å². The molecule has 0 spiro atoms. The highest BCUT2D eigenvalue weighted by molar-refractivity contribution is 9.10. The first-order valence-electron chi connectivity index (χ1n) is 10.8. The molecule has 3 aliphatic rings. The SMILES string of the molecule is C=C1NC2=C(C(=O)CCC2)C(c2ccc(OC)c(Br)c2)C1C(=O)OC1CCCCC1. The Morgan fingerprint density at radius 3 is 2.63 bits per heavy atom. The summed E-state index contributed by atoms with van der Waals surface area (Å²) in [6.07, 6.45) is 7.25. The van der Waals surface area contributed by atoms with Gasteiger partial charge in [-0.25, -0.2) is 0 Å². The first-order chi connectivity index (χ1) is 14.5. The zero-order valence-electron chi connectivity index (χ0n) is 17.3. The van der Waals surface area contributed by atoms with Gasteiger partial charge in [0.15, 0.2) is 5.78 Å². The number of esters is 1.